The molecular weight excluding hydrogens is 282 g/mol. The highest BCUT2D eigenvalue weighted by atomic mass is 79.9. The summed E-state index contributed by atoms with van der Waals surface area (Å²) in [5.74, 6) is -0.916. The van der Waals surface area contributed by atoms with Gasteiger partial charge < -0.3 is 5.11 Å². The van der Waals surface area contributed by atoms with Gasteiger partial charge in [0.15, 0.2) is 0 Å². The second-order valence-electron chi connectivity index (χ2n) is 3.94. The van der Waals surface area contributed by atoms with Gasteiger partial charge >= 0.3 is 5.97 Å². The molecule has 88 valence electrons. The maximum absolute atomic E-state index is 11.2. The van der Waals surface area contributed by atoms with Gasteiger partial charge in [0, 0.05) is 15.6 Å². The van der Waals surface area contributed by atoms with E-state index in [4.69, 9.17) is 0 Å². The Kier molecular flexibility index (Phi) is 3.15. The number of carbonyl (C=O) groups is 1. The van der Waals surface area contributed by atoms with Crippen LogP contribution in [0.15, 0.2) is 22.7 Å². The molecule has 1 N–H and O–H groups in total. The Morgan fingerprint density at radius 1 is 1.41 bits per heavy atom. The number of benzene rings is 1. The number of hydrogen-bond acceptors (Lipinski definition) is 2. The second-order valence-corrected chi connectivity index (χ2v) is 4.80. The van der Waals surface area contributed by atoms with Crippen molar-refractivity contribution in [3.63, 3.8) is 0 Å². The molecule has 0 saturated carbocycles. The van der Waals surface area contributed by atoms with Gasteiger partial charge in [0.1, 0.15) is 0 Å². The third-order valence-electron chi connectivity index (χ3n) is 2.69. The molecule has 0 spiro atoms. The average Bonchev–Trinajstić information content (AvgIpc) is 2.28. The SMILES string of the molecule is CCc1cc(Br)c2nc(C)cc(C(=O)O)c2c1. The molecule has 3 nitrogen and oxygen atoms in total. The van der Waals surface area contributed by atoms with Crippen LogP contribution < -0.4 is 0 Å². The van der Waals surface area contributed by atoms with Crippen molar-refractivity contribution in [1.82, 2.24) is 4.98 Å². The molecule has 0 unspecified atom stereocenters. The van der Waals surface area contributed by atoms with Crippen LogP contribution in [0.3, 0.4) is 0 Å². The van der Waals surface area contributed by atoms with E-state index in [9.17, 15) is 9.90 Å². The van der Waals surface area contributed by atoms with Gasteiger partial charge in [-0.2, -0.15) is 0 Å². The molecule has 1 heterocycles. The van der Waals surface area contributed by atoms with Gasteiger partial charge in [0.25, 0.3) is 0 Å². The van der Waals surface area contributed by atoms with E-state index < -0.39 is 5.97 Å². The van der Waals surface area contributed by atoms with Crippen LogP contribution in [-0.4, -0.2) is 16.1 Å². The highest BCUT2D eigenvalue weighted by molar-refractivity contribution is 9.10. The summed E-state index contributed by atoms with van der Waals surface area (Å²) in [5, 5.41) is 9.91. The normalized spacial score (nSPS) is 10.8. The number of rotatable bonds is 2. The minimum absolute atomic E-state index is 0.309. The van der Waals surface area contributed by atoms with E-state index in [1.165, 1.54) is 0 Å². The molecule has 0 amide bonds. The van der Waals surface area contributed by atoms with Crippen LogP contribution in [0.1, 0.15) is 28.5 Å². The Labute approximate surface area is 108 Å². The number of carboxylic acids is 1. The fourth-order valence-corrected chi connectivity index (χ4v) is 2.45. The molecule has 0 aliphatic rings. The second kappa shape index (κ2) is 4.45. The van der Waals surface area contributed by atoms with Crippen molar-refractivity contribution < 1.29 is 9.90 Å². The lowest BCUT2D eigenvalue weighted by molar-refractivity contribution is 0.0699. The van der Waals surface area contributed by atoms with Gasteiger partial charge in [-0.3, -0.25) is 4.98 Å². The summed E-state index contributed by atoms with van der Waals surface area (Å²) in [6, 6.07) is 5.49. The number of hydrogen-bond donors (Lipinski definition) is 1. The molecule has 17 heavy (non-hydrogen) atoms. The quantitative estimate of drug-likeness (QED) is 0.921. The van der Waals surface area contributed by atoms with Crippen LogP contribution in [0, 0.1) is 6.92 Å². The van der Waals surface area contributed by atoms with Crippen LogP contribution in [0.2, 0.25) is 0 Å². The minimum Gasteiger partial charge on any atom is -0.478 e. The Morgan fingerprint density at radius 3 is 2.71 bits per heavy atom. The summed E-state index contributed by atoms with van der Waals surface area (Å²) >= 11 is 3.45. The van der Waals surface area contributed by atoms with Crippen molar-refractivity contribution in [3.8, 4) is 0 Å². The number of fused-ring (bicyclic) bond motifs is 1. The highest BCUT2D eigenvalue weighted by Crippen LogP contribution is 2.27. The fraction of sp³-hybridized carbons (Fsp3) is 0.231. The molecule has 1 aromatic heterocycles. The van der Waals surface area contributed by atoms with Crippen molar-refractivity contribution in [1.29, 1.82) is 0 Å². The number of pyridine rings is 1. The van der Waals surface area contributed by atoms with Gasteiger partial charge in [-0.1, -0.05) is 6.92 Å². The van der Waals surface area contributed by atoms with Crippen LogP contribution in [0.5, 0.6) is 0 Å². The molecule has 1 aromatic carbocycles. The van der Waals surface area contributed by atoms with E-state index in [0.717, 1.165) is 16.5 Å². The van der Waals surface area contributed by atoms with Crippen molar-refractivity contribution >= 4 is 32.8 Å². The number of aromatic carboxylic acids is 1. The molecule has 0 atom stereocenters. The summed E-state index contributed by atoms with van der Waals surface area (Å²) in [5.41, 5.74) is 2.82. The molecule has 2 aromatic rings. The minimum atomic E-state index is -0.916. The summed E-state index contributed by atoms with van der Waals surface area (Å²) in [6.45, 7) is 3.84. The molecule has 0 fully saturated rings. The van der Waals surface area contributed by atoms with E-state index in [0.29, 0.717) is 22.2 Å². The molecule has 0 saturated heterocycles. The van der Waals surface area contributed by atoms with E-state index in [2.05, 4.69) is 20.9 Å². The van der Waals surface area contributed by atoms with Gasteiger partial charge in [-0.05, 0) is 53.0 Å². The van der Waals surface area contributed by atoms with Crippen LogP contribution in [0.4, 0.5) is 0 Å². The third kappa shape index (κ3) is 2.17. The van der Waals surface area contributed by atoms with Crippen LogP contribution in [-0.2, 0) is 6.42 Å². The number of aromatic nitrogens is 1. The predicted molar refractivity (Wildman–Crippen MR) is 70.5 cm³/mol. The standard InChI is InChI=1S/C13H12BrNO2/c1-3-8-5-9-10(13(16)17)4-7(2)15-12(9)11(14)6-8/h4-6H,3H2,1-2H3,(H,16,17). The third-order valence-corrected chi connectivity index (χ3v) is 3.30. The smallest absolute Gasteiger partial charge is 0.336 e. The number of halogens is 1. The van der Waals surface area contributed by atoms with Crippen LogP contribution >= 0.6 is 15.9 Å². The maximum atomic E-state index is 11.2. The number of carboxylic acid groups (broad SMARTS) is 1. The molecular formula is C13H12BrNO2. The van der Waals surface area contributed by atoms with Crippen molar-refractivity contribution in [2.24, 2.45) is 0 Å². The Hall–Kier alpha value is -1.42. The first kappa shape index (κ1) is 12.0. The highest BCUT2D eigenvalue weighted by Gasteiger charge is 2.13. The zero-order valence-electron chi connectivity index (χ0n) is 9.62. The van der Waals surface area contributed by atoms with Crippen molar-refractivity contribution in [2.45, 2.75) is 20.3 Å². The first-order chi connectivity index (χ1) is 8.02. The summed E-state index contributed by atoms with van der Waals surface area (Å²) in [4.78, 5) is 15.6. The molecule has 2 rings (SSSR count). The van der Waals surface area contributed by atoms with E-state index in [1.807, 2.05) is 19.1 Å². The maximum Gasteiger partial charge on any atom is 0.336 e. The Balaban J connectivity index is 2.89. The number of nitrogens with zero attached hydrogens (tertiary/aromatic N) is 1. The molecule has 0 aliphatic heterocycles. The van der Waals surface area contributed by atoms with Crippen molar-refractivity contribution in [2.75, 3.05) is 0 Å². The summed E-state index contributed by atoms with van der Waals surface area (Å²) in [7, 11) is 0. The first-order valence-corrected chi connectivity index (χ1v) is 6.15. The number of aryl methyl sites for hydroxylation is 2. The van der Waals surface area contributed by atoms with Gasteiger partial charge in [-0.25, -0.2) is 4.79 Å². The zero-order valence-corrected chi connectivity index (χ0v) is 11.2. The lowest BCUT2D eigenvalue weighted by atomic mass is 10.0. The lowest BCUT2D eigenvalue weighted by Gasteiger charge is -2.08. The summed E-state index contributed by atoms with van der Waals surface area (Å²) < 4.78 is 0.845. The molecule has 4 heteroatoms. The van der Waals surface area contributed by atoms with E-state index in [1.54, 1.807) is 13.0 Å². The molecule has 0 radical (unpaired) electrons. The van der Waals surface area contributed by atoms with E-state index in [-0.39, 0.29) is 0 Å². The monoisotopic (exact) mass is 293 g/mol. The largest absolute Gasteiger partial charge is 0.478 e. The Bertz CT molecular complexity index is 608. The predicted octanol–water partition coefficient (Wildman–Crippen LogP) is 3.57. The summed E-state index contributed by atoms with van der Waals surface area (Å²) in [6.07, 6.45) is 0.863. The average molecular weight is 294 g/mol. The topological polar surface area (TPSA) is 50.2 Å². The zero-order chi connectivity index (χ0) is 12.6. The fourth-order valence-electron chi connectivity index (χ4n) is 1.85. The Morgan fingerprint density at radius 2 is 2.12 bits per heavy atom. The van der Waals surface area contributed by atoms with Gasteiger partial charge in [0.05, 0.1) is 11.1 Å². The molecule has 0 bridgehead atoms. The first-order valence-electron chi connectivity index (χ1n) is 5.36. The molecule has 0 aliphatic carbocycles. The van der Waals surface area contributed by atoms with Gasteiger partial charge in [-0.15, -0.1) is 0 Å². The van der Waals surface area contributed by atoms with Gasteiger partial charge in [0.2, 0.25) is 0 Å². The lowest BCUT2D eigenvalue weighted by Crippen LogP contribution is -2.01. The van der Waals surface area contributed by atoms with Crippen molar-refractivity contribution in [3.05, 3.63) is 39.5 Å². The van der Waals surface area contributed by atoms with Crippen LogP contribution in [0.25, 0.3) is 10.9 Å². The van der Waals surface area contributed by atoms with E-state index >= 15 is 0 Å².